The Balaban J connectivity index is 2.04. The number of tetrazole rings is 1. The summed E-state index contributed by atoms with van der Waals surface area (Å²) in [5, 5.41) is 15.2. The zero-order valence-corrected chi connectivity index (χ0v) is 12.7. The van der Waals surface area contributed by atoms with Crippen LogP contribution in [0.25, 0.3) is 0 Å². The lowest BCUT2D eigenvalue weighted by molar-refractivity contribution is -0.113. The van der Waals surface area contributed by atoms with Gasteiger partial charge in [-0.3, -0.25) is 10.1 Å². The van der Waals surface area contributed by atoms with E-state index in [0.717, 1.165) is 5.56 Å². The second-order valence-electron chi connectivity index (χ2n) is 4.10. The summed E-state index contributed by atoms with van der Waals surface area (Å²) in [5.41, 5.74) is 0.734. The summed E-state index contributed by atoms with van der Waals surface area (Å²) in [6.07, 6.45) is 0. The lowest BCUT2D eigenvalue weighted by Crippen LogP contribution is -2.15. The van der Waals surface area contributed by atoms with Crippen molar-refractivity contribution in [2.24, 2.45) is 0 Å². The SMILES string of the molecule is COCc1cc(OC)c(F)cc1SCC(=O)Nc1nn[nH]n1. The minimum absolute atomic E-state index is 0.0665. The van der Waals surface area contributed by atoms with Gasteiger partial charge in [-0.15, -0.1) is 16.9 Å². The molecule has 0 radical (unpaired) electrons. The molecule has 1 aromatic heterocycles. The number of hydrogen-bond acceptors (Lipinski definition) is 7. The smallest absolute Gasteiger partial charge is 0.269 e. The largest absolute Gasteiger partial charge is 0.494 e. The number of carbonyl (C=O) groups excluding carboxylic acids is 1. The Morgan fingerprint density at radius 3 is 2.91 bits per heavy atom. The lowest BCUT2D eigenvalue weighted by atomic mass is 10.2. The summed E-state index contributed by atoms with van der Waals surface area (Å²) >= 11 is 1.18. The zero-order chi connectivity index (χ0) is 15.9. The van der Waals surface area contributed by atoms with Crippen molar-refractivity contribution in [3.05, 3.63) is 23.5 Å². The van der Waals surface area contributed by atoms with Crippen molar-refractivity contribution in [3.63, 3.8) is 0 Å². The van der Waals surface area contributed by atoms with Crippen LogP contribution in [0.4, 0.5) is 10.3 Å². The Morgan fingerprint density at radius 1 is 1.45 bits per heavy atom. The van der Waals surface area contributed by atoms with Crippen LogP contribution in [0, 0.1) is 5.82 Å². The van der Waals surface area contributed by atoms with E-state index >= 15 is 0 Å². The first-order valence-electron chi connectivity index (χ1n) is 6.15. The zero-order valence-electron chi connectivity index (χ0n) is 11.9. The van der Waals surface area contributed by atoms with Gasteiger partial charge in [0.1, 0.15) is 0 Å². The molecule has 1 aromatic carbocycles. The molecule has 1 amide bonds. The predicted octanol–water partition coefficient (Wildman–Crippen LogP) is 1.22. The van der Waals surface area contributed by atoms with Crippen molar-refractivity contribution < 1.29 is 18.7 Å². The molecule has 2 N–H and O–H groups in total. The Hall–Kier alpha value is -2.20. The van der Waals surface area contributed by atoms with Gasteiger partial charge in [0.2, 0.25) is 5.91 Å². The fraction of sp³-hybridized carbons (Fsp3) is 0.333. The number of aromatic amines is 1. The number of aromatic nitrogens is 4. The van der Waals surface area contributed by atoms with Crippen molar-refractivity contribution >= 4 is 23.6 Å². The number of thioether (sulfide) groups is 1. The minimum Gasteiger partial charge on any atom is -0.494 e. The number of rotatable bonds is 7. The van der Waals surface area contributed by atoms with Crippen LogP contribution in [0.15, 0.2) is 17.0 Å². The highest BCUT2D eigenvalue weighted by atomic mass is 32.2. The number of methoxy groups -OCH3 is 2. The molecule has 0 aliphatic rings. The highest BCUT2D eigenvalue weighted by Crippen LogP contribution is 2.30. The van der Waals surface area contributed by atoms with Crippen LogP contribution >= 0.6 is 11.8 Å². The van der Waals surface area contributed by atoms with Crippen LogP contribution in [-0.4, -0.2) is 46.5 Å². The third-order valence-corrected chi connectivity index (χ3v) is 3.69. The Kier molecular flexibility index (Phi) is 5.67. The number of anilines is 1. The Morgan fingerprint density at radius 2 is 2.27 bits per heavy atom. The van der Waals surface area contributed by atoms with Gasteiger partial charge in [0.15, 0.2) is 11.6 Å². The maximum absolute atomic E-state index is 13.8. The molecule has 0 atom stereocenters. The molecule has 118 valence electrons. The van der Waals surface area contributed by atoms with E-state index in [-0.39, 0.29) is 30.0 Å². The lowest BCUT2D eigenvalue weighted by Gasteiger charge is -2.11. The molecule has 0 aliphatic heterocycles. The Labute approximate surface area is 129 Å². The van der Waals surface area contributed by atoms with Crippen LogP contribution < -0.4 is 10.1 Å². The average molecular weight is 327 g/mol. The summed E-state index contributed by atoms with van der Waals surface area (Å²) in [7, 11) is 2.92. The van der Waals surface area contributed by atoms with E-state index in [2.05, 4.69) is 25.9 Å². The molecule has 1 heterocycles. The molecule has 22 heavy (non-hydrogen) atoms. The van der Waals surface area contributed by atoms with E-state index in [1.54, 1.807) is 6.07 Å². The van der Waals surface area contributed by atoms with Crippen molar-refractivity contribution in [1.82, 2.24) is 20.6 Å². The third-order valence-electron chi connectivity index (χ3n) is 2.59. The van der Waals surface area contributed by atoms with E-state index in [1.165, 1.54) is 32.0 Å². The molecular formula is C12H14FN5O3S. The van der Waals surface area contributed by atoms with Gasteiger partial charge < -0.3 is 9.47 Å². The first-order chi connectivity index (χ1) is 10.6. The van der Waals surface area contributed by atoms with Crippen LogP contribution in [0.3, 0.4) is 0 Å². The predicted molar refractivity (Wildman–Crippen MR) is 77.2 cm³/mol. The van der Waals surface area contributed by atoms with Crippen molar-refractivity contribution in [2.75, 3.05) is 25.3 Å². The summed E-state index contributed by atoms with van der Waals surface area (Å²) in [4.78, 5) is 12.4. The molecule has 0 bridgehead atoms. The molecule has 0 aliphatic carbocycles. The third kappa shape index (κ3) is 4.15. The Bertz CT molecular complexity index is 638. The van der Waals surface area contributed by atoms with E-state index in [0.29, 0.717) is 4.90 Å². The number of H-pyrrole nitrogens is 1. The van der Waals surface area contributed by atoms with Gasteiger partial charge in [-0.2, -0.15) is 5.21 Å². The molecule has 0 spiro atoms. The number of carbonyl (C=O) groups is 1. The quantitative estimate of drug-likeness (QED) is 0.737. The number of nitrogens with one attached hydrogen (secondary N) is 2. The minimum atomic E-state index is -0.497. The standard InChI is InChI=1S/C12H14FN5O3S/c1-20-5-7-3-9(21-2)8(13)4-10(7)22-6-11(19)14-12-15-17-18-16-12/h3-4H,5-6H2,1-2H3,(H2,14,15,16,17,18,19). The molecule has 0 saturated carbocycles. The molecule has 2 rings (SSSR count). The summed E-state index contributed by atoms with van der Waals surface area (Å²) < 4.78 is 23.8. The second-order valence-corrected chi connectivity index (χ2v) is 5.12. The monoisotopic (exact) mass is 327 g/mol. The van der Waals surface area contributed by atoms with E-state index < -0.39 is 5.82 Å². The van der Waals surface area contributed by atoms with Gasteiger partial charge in [0.05, 0.1) is 19.5 Å². The van der Waals surface area contributed by atoms with E-state index in [1.807, 2.05) is 0 Å². The van der Waals surface area contributed by atoms with Crippen molar-refractivity contribution in [3.8, 4) is 5.75 Å². The van der Waals surface area contributed by atoms with Gasteiger partial charge in [-0.25, -0.2) is 4.39 Å². The molecule has 0 fully saturated rings. The van der Waals surface area contributed by atoms with Crippen LogP contribution in [0.1, 0.15) is 5.56 Å². The second kappa shape index (κ2) is 7.71. The van der Waals surface area contributed by atoms with Crippen molar-refractivity contribution in [1.29, 1.82) is 0 Å². The number of amides is 1. The van der Waals surface area contributed by atoms with Crippen LogP contribution in [0.5, 0.6) is 5.75 Å². The normalized spacial score (nSPS) is 10.5. The molecule has 0 unspecified atom stereocenters. The highest BCUT2D eigenvalue weighted by molar-refractivity contribution is 8.00. The van der Waals surface area contributed by atoms with Gasteiger partial charge in [0, 0.05) is 12.0 Å². The molecule has 8 nitrogen and oxygen atoms in total. The van der Waals surface area contributed by atoms with E-state index in [4.69, 9.17) is 9.47 Å². The number of hydrogen-bond donors (Lipinski definition) is 2. The fourth-order valence-corrected chi connectivity index (χ4v) is 2.50. The number of ether oxygens (including phenoxy) is 2. The first-order valence-corrected chi connectivity index (χ1v) is 7.14. The fourth-order valence-electron chi connectivity index (χ4n) is 1.66. The average Bonchev–Trinajstić information content (AvgIpc) is 3.00. The van der Waals surface area contributed by atoms with Crippen LogP contribution in [0.2, 0.25) is 0 Å². The molecule has 10 heteroatoms. The van der Waals surface area contributed by atoms with Gasteiger partial charge in [-0.05, 0) is 22.9 Å². The number of halogens is 1. The molecule has 0 saturated heterocycles. The highest BCUT2D eigenvalue weighted by Gasteiger charge is 2.13. The van der Waals surface area contributed by atoms with Gasteiger partial charge in [-0.1, -0.05) is 5.10 Å². The maximum atomic E-state index is 13.8. The molecular weight excluding hydrogens is 313 g/mol. The number of nitrogens with zero attached hydrogens (tertiary/aromatic N) is 3. The van der Waals surface area contributed by atoms with Gasteiger partial charge >= 0.3 is 0 Å². The van der Waals surface area contributed by atoms with Crippen LogP contribution in [-0.2, 0) is 16.1 Å². The summed E-state index contributed by atoms with van der Waals surface area (Å²) in [5.74, 6) is -0.539. The van der Waals surface area contributed by atoms with Gasteiger partial charge in [0.25, 0.3) is 5.95 Å². The van der Waals surface area contributed by atoms with E-state index in [9.17, 15) is 9.18 Å². The maximum Gasteiger partial charge on any atom is 0.269 e. The first kappa shape index (κ1) is 16.2. The summed E-state index contributed by atoms with van der Waals surface area (Å²) in [6.45, 7) is 0.283. The molecule has 2 aromatic rings. The van der Waals surface area contributed by atoms with Crippen molar-refractivity contribution in [2.45, 2.75) is 11.5 Å². The topological polar surface area (TPSA) is 102 Å². The number of benzene rings is 1. The summed E-state index contributed by atoms with van der Waals surface area (Å²) in [6, 6.07) is 2.87.